The maximum Gasteiger partial charge on any atom is 0.306 e. The molecule has 4 heteroatoms. The van der Waals surface area contributed by atoms with Gasteiger partial charge >= 0.3 is 5.97 Å². The quantitative estimate of drug-likeness (QED) is 0.742. The third kappa shape index (κ3) is 2.49. The first-order chi connectivity index (χ1) is 7.16. The van der Waals surface area contributed by atoms with E-state index in [1.54, 1.807) is 0 Å². The van der Waals surface area contributed by atoms with E-state index in [0.29, 0.717) is 12.1 Å². The van der Waals surface area contributed by atoms with E-state index in [9.17, 15) is 4.79 Å². The fourth-order valence-corrected chi connectivity index (χ4v) is 2.69. The number of carboxylic acid groups (broad SMARTS) is 1. The molecule has 0 aromatic carbocycles. The Morgan fingerprint density at radius 1 is 1.47 bits per heavy atom. The van der Waals surface area contributed by atoms with Crippen molar-refractivity contribution >= 4 is 5.97 Å². The predicted octanol–water partition coefficient (Wildman–Crippen LogP) is 0.960. The maximum absolute atomic E-state index is 10.9. The highest BCUT2D eigenvalue weighted by atomic mass is 16.5. The Morgan fingerprint density at radius 3 is 2.87 bits per heavy atom. The van der Waals surface area contributed by atoms with Crippen molar-refractivity contribution in [3.05, 3.63) is 0 Å². The summed E-state index contributed by atoms with van der Waals surface area (Å²) in [5.74, 6) is -0.744. The van der Waals surface area contributed by atoms with Gasteiger partial charge in [-0.15, -0.1) is 0 Å². The van der Waals surface area contributed by atoms with Gasteiger partial charge in [-0.3, -0.25) is 9.69 Å². The van der Waals surface area contributed by atoms with Crippen molar-refractivity contribution in [2.75, 3.05) is 19.7 Å². The number of nitrogens with zero attached hydrogens (tertiary/aromatic N) is 1. The van der Waals surface area contributed by atoms with E-state index in [-0.39, 0.29) is 5.92 Å². The van der Waals surface area contributed by atoms with Crippen LogP contribution in [0.15, 0.2) is 0 Å². The normalized spacial score (nSPS) is 38.1. The van der Waals surface area contributed by atoms with Gasteiger partial charge in [-0.25, -0.2) is 0 Å². The topological polar surface area (TPSA) is 49.8 Å². The van der Waals surface area contributed by atoms with E-state index in [2.05, 4.69) is 11.8 Å². The molecule has 0 aromatic heterocycles. The molecule has 0 bridgehead atoms. The Kier molecular flexibility index (Phi) is 3.26. The summed E-state index contributed by atoms with van der Waals surface area (Å²) in [6, 6.07) is 0.470. The van der Waals surface area contributed by atoms with E-state index in [4.69, 9.17) is 9.84 Å². The molecule has 1 N–H and O–H groups in total. The largest absolute Gasteiger partial charge is 0.481 e. The molecule has 0 amide bonds. The summed E-state index contributed by atoms with van der Waals surface area (Å²) < 4.78 is 5.48. The number of carbonyl (C=O) groups is 1. The Bertz CT molecular complexity index is 244. The molecule has 3 atom stereocenters. The molecule has 0 aromatic rings. The van der Waals surface area contributed by atoms with Crippen molar-refractivity contribution in [2.45, 2.75) is 38.3 Å². The summed E-state index contributed by atoms with van der Waals surface area (Å²) >= 11 is 0. The molecule has 0 radical (unpaired) electrons. The van der Waals surface area contributed by atoms with Crippen LogP contribution in [0.2, 0.25) is 0 Å². The third-order valence-electron chi connectivity index (χ3n) is 3.54. The van der Waals surface area contributed by atoms with Gasteiger partial charge in [-0.05, 0) is 26.2 Å². The molecule has 2 fully saturated rings. The lowest BCUT2D eigenvalue weighted by Crippen LogP contribution is -2.46. The van der Waals surface area contributed by atoms with Crippen LogP contribution in [0, 0.1) is 5.92 Å². The molecule has 4 nitrogen and oxygen atoms in total. The Morgan fingerprint density at radius 2 is 2.27 bits per heavy atom. The molecular weight excluding hydrogens is 194 g/mol. The first-order valence-corrected chi connectivity index (χ1v) is 5.75. The SMILES string of the molecule is CC1CN(C2CCC(C(=O)O)C2)CCO1. The van der Waals surface area contributed by atoms with Crippen LogP contribution in [-0.4, -0.2) is 47.8 Å². The number of ether oxygens (including phenoxy) is 1. The molecule has 15 heavy (non-hydrogen) atoms. The minimum absolute atomic E-state index is 0.117. The van der Waals surface area contributed by atoms with Gasteiger partial charge in [0.25, 0.3) is 0 Å². The number of carboxylic acids is 1. The van der Waals surface area contributed by atoms with E-state index < -0.39 is 5.97 Å². The van der Waals surface area contributed by atoms with Crippen molar-refractivity contribution in [2.24, 2.45) is 5.92 Å². The second-order valence-electron chi connectivity index (χ2n) is 4.68. The van der Waals surface area contributed by atoms with Gasteiger partial charge in [-0.2, -0.15) is 0 Å². The lowest BCUT2D eigenvalue weighted by molar-refractivity contribution is -0.141. The molecular formula is C11H19NO3. The van der Waals surface area contributed by atoms with Crippen LogP contribution in [0.5, 0.6) is 0 Å². The molecule has 3 unspecified atom stereocenters. The maximum atomic E-state index is 10.9. The first kappa shape index (κ1) is 10.9. The molecule has 1 saturated carbocycles. The number of hydrogen-bond donors (Lipinski definition) is 1. The number of aliphatic carboxylic acids is 1. The zero-order chi connectivity index (χ0) is 10.8. The average molecular weight is 213 g/mol. The Labute approximate surface area is 90.2 Å². The van der Waals surface area contributed by atoms with Crippen LogP contribution < -0.4 is 0 Å². The number of rotatable bonds is 2. The summed E-state index contributed by atoms with van der Waals surface area (Å²) in [7, 11) is 0. The molecule has 0 spiro atoms. The highest BCUT2D eigenvalue weighted by Gasteiger charge is 2.34. The van der Waals surface area contributed by atoms with E-state index in [1.165, 1.54) is 0 Å². The van der Waals surface area contributed by atoms with Crippen LogP contribution in [0.25, 0.3) is 0 Å². The summed E-state index contributed by atoms with van der Waals surface area (Å²) in [6.45, 7) is 4.78. The first-order valence-electron chi connectivity index (χ1n) is 5.75. The summed E-state index contributed by atoms with van der Waals surface area (Å²) in [5.41, 5.74) is 0. The van der Waals surface area contributed by atoms with Crippen LogP contribution in [0.4, 0.5) is 0 Å². The molecule has 1 aliphatic heterocycles. The van der Waals surface area contributed by atoms with Crippen LogP contribution in [0.3, 0.4) is 0 Å². The lowest BCUT2D eigenvalue weighted by atomic mass is 10.1. The minimum atomic E-state index is -0.626. The zero-order valence-corrected chi connectivity index (χ0v) is 9.19. The summed E-state index contributed by atoms with van der Waals surface area (Å²) in [5, 5.41) is 8.94. The molecule has 1 saturated heterocycles. The molecule has 1 heterocycles. The fraction of sp³-hybridized carbons (Fsp3) is 0.909. The van der Waals surface area contributed by atoms with Gasteiger partial charge in [0.2, 0.25) is 0 Å². The highest BCUT2D eigenvalue weighted by Crippen LogP contribution is 2.30. The predicted molar refractivity (Wildman–Crippen MR) is 55.8 cm³/mol. The van der Waals surface area contributed by atoms with E-state index in [0.717, 1.165) is 39.0 Å². The summed E-state index contributed by atoms with van der Waals surface area (Å²) in [6.07, 6.45) is 2.99. The monoisotopic (exact) mass is 213 g/mol. The van der Waals surface area contributed by atoms with Gasteiger partial charge in [0, 0.05) is 19.1 Å². The van der Waals surface area contributed by atoms with Crippen molar-refractivity contribution in [1.82, 2.24) is 4.90 Å². The van der Waals surface area contributed by atoms with Crippen LogP contribution >= 0.6 is 0 Å². The van der Waals surface area contributed by atoms with E-state index >= 15 is 0 Å². The second-order valence-corrected chi connectivity index (χ2v) is 4.68. The van der Waals surface area contributed by atoms with Crippen molar-refractivity contribution in [3.63, 3.8) is 0 Å². The van der Waals surface area contributed by atoms with Gasteiger partial charge in [0.15, 0.2) is 0 Å². The third-order valence-corrected chi connectivity index (χ3v) is 3.54. The fourth-order valence-electron chi connectivity index (χ4n) is 2.69. The van der Waals surface area contributed by atoms with Crippen LogP contribution in [-0.2, 0) is 9.53 Å². The smallest absolute Gasteiger partial charge is 0.306 e. The second kappa shape index (κ2) is 4.49. The molecule has 2 rings (SSSR count). The van der Waals surface area contributed by atoms with Gasteiger partial charge in [0.1, 0.15) is 0 Å². The average Bonchev–Trinajstić information content (AvgIpc) is 2.66. The Hall–Kier alpha value is -0.610. The van der Waals surface area contributed by atoms with Crippen molar-refractivity contribution < 1.29 is 14.6 Å². The Balaban J connectivity index is 1.87. The highest BCUT2D eigenvalue weighted by molar-refractivity contribution is 5.70. The number of morpholine rings is 1. The molecule has 86 valence electrons. The van der Waals surface area contributed by atoms with Gasteiger partial charge in [0.05, 0.1) is 18.6 Å². The van der Waals surface area contributed by atoms with E-state index in [1.807, 2.05) is 0 Å². The van der Waals surface area contributed by atoms with Crippen molar-refractivity contribution in [1.29, 1.82) is 0 Å². The van der Waals surface area contributed by atoms with Gasteiger partial charge < -0.3 is 9.84 Å². The lowest BCUT2D eigenvalue weighted by Gasteiger charge is -2.35. The molecule has 2 aliphatic rings. The molecule has 1 aliphatic carbocycles. The minimum Gasteiger partial charge on any atom is -0.481 e. The standard InChI is InChI=1S/C11H19NO3/c1-8-7-12(4-5-15-8)10-3-2-9(6-10)11(13)14/h8-10H,2-7H2,1H3,(H,13,14). The zero-order valence-electron chi connectivity index (χ0n) is 9.19. The van der Waals surface area contributed by atoms with Gasteiger partial charge in [-0.1, -0.05) is 0 Å². The van der Waals surface area contributed by atoms with Crippen LogP contribution in [0.1, 0.15) is 26.2 Å². The number of hydrogen-bond acceptors (Lipinski definition) is 3. The summed E-state index contributed by atoms with van der Waals surface area (Å²) in [4.78, 5) is 13.3. The van der Waals surface area contributed by atoms with Crippen molar-refractivity contribution in [3.8, 4) is 0 Å².